The quantitative estimate of drug-likeness (QED) is 0.382. The maximum Gasteiger partial charge on any atom is 0.432 e. The van der Waals surface area contributed by atoms with Gasteiger partial charge in [-0.15, -0.1) is 5.10 Å². The number of rotatable bonds is 5. The molecule has 1 aliphatic heterocycles. The number of hydrogen-bond acceptors (Lipinski definition) is 7. The van der Waals surface area contributed by atoms with E-state index in [1.54, 1.807) is 12.1 Å². The molecular formula is C26H22F2N6O4. The average molecular weight is 520 g/mol. The van der Waals surface area contributed by atoms with Gasteiger partial charge in [0.05, 0.1) is 17.5 Å². The van der Waals surface area contributed by atoms with Gasteiger partial charge in [-0.3, -0.25) is 14.6 Å². The molecule has 38 heavy (non-hydrogen) atoms. The van der Waals surface area contributed by atoms with Crippen LogP contribution in [0.1, 0.15) is 20.7 Å². The summed E-state index contributed by atoms with van der Waals surface area (Å²) in [7, 11) is 2.06. The van der Waals surface area contributed by atoms with E-state index >= 15 is 0 Å². The van der Waals surface area contributed by atoms with Crippen LogP contribution in [-0.2, 0) is 0 Å². The van der Waals surface area contributed by atoms with Gasteiger partial charge in [-0.1, -0.05) is 0 Å². The number of aldehydes is 1. The maximum atomic E-state index is 14.6. The van der Waals surface area contributed by atoms with E-state index in [9.17, 15) is 28.3 Å². The molecule has 5 rings (SSSR count). The number of pyridine rings is 1. The molecule has 0 unspecified atom stereocenters. The molecule has 4 aromatic rings. The van der Waals surface area contributed by atoms with Crippen LogP contribution >= 0.6 is 0 Å². The predicted molar refractivity (Wildman–Crippen MR) is 136 cm³/mol. The lowest BCUT2D eigenvalue weighted by Gasteiger charge is -2.34. The van der Waals surface area contributed by atoms with Crippen molar-refractivity contribution in [3.63, 3.8) is 0 Å². The molecule has 1 fully saturated rings. The van der Waals surface area contributed by atoms with Gasteiger partial charge in [-0.05, 0) is 49.5 Å². The van der Waals surface area contributed by atoms with Crippen molar-refractivity contribution < 1.29 is 28.3 Å². The Morgan fingerprint density at radius 2 is 1.68 bits per heavy atom. The lowest BCUT2D eigenvalue weighted by atomic mass is 10.1. The molecule has 1 aliphatic rings. The van der Waals surface area contributed by atoms with Crippen LogP contribution in [0.15, 0.2) is 48.7 Å². The van der Waals surface area contributed by atoms with Gasteiger partial charge in [0.2, 0.25) is 0 Å². The standard InChI is InChI=1S/C26H22F2N6O4/c1-32-6-8-33(9-7-32)17-4-2-16(3-5-17)25(36)30-24-18-12-21(29-13-22(18)34(31-24)26(37)38)23-19(27)10-15(14-35)11-20(23)28/h2-5,10-14H,6-9H2,1H3,(H,37,38)(H,30,31,36). The Bertz CT molecular complexity index is 1540. The number of carbonyl (C=O) groups is 3. The zero-order valence-electron chi connectivity index (χ0n) is 20.2. The molecule has 0 aliphatic carbocycles. The minimum absolute atomic E-state index is 0.00675. The van der Waals surface area contributed by atoms with Crippen molar-refractivity contribution in [3.8, 4) is 11.3 Å². The largest absolute Gasteiger partial charge is 0.463 e. The van der Waals surface area contributed by atoms with Gasteiger partial charge in [-0.2, -0.15) is 4.68 Å². The molecule has 2 N–H and O–H groups in total. The van der Waals surface area contributed by atoms with Crippen molar-refractivity contribution in [2.45, 2.75) is 0 Å². The van der Waals surface area contributed by atoms with E-state index in [1.165, 1.54) is 6.07 Å². The number of benzene rings is 2. The number of piperazine rings is 1. The molecule has 2 aromatic carbocycles. The number of fused-ring (bicyclic) bond motifs is 1. The highest BCUT2D eigenvalue weighted by Gasteiger charge is 2.22. The number of nitrogens with zero attached hydrogens (tertiary/aromatic N) is 5. The Balaban J connectivity index is 1.47. The van der Waals surface area contributed by atoms with Crippen molar-refractivity contribution in [2.24, 2.45) is 0 Å². The van der Waals surface area contributed by atoms with Crippen LogP contribution in [0.5, 0.6) is 0 Å². The summed E-state index contributed by atoms with van der Waals surface area (Å²) >= 11 is 0. The third kappa shape index (κ3) is 4.68. The van der Waals surface area contributed by atoms with Crippen molar-refractivity contribution in [2.75, 3.05) is 43.4 Å². The van der Waals surface area contributed by atoms with E-state index in [2.05, 4.69) is 32.2 Å². The summed E-state index contributed by atoms with van der Waals surface area (Å²) in [6.07, 6.45) is -0.0256. The molecule has 12 heteroatoms. The number of amides is 1. The van der Waals surface area contributed by atoms with Crippen molar-refractivity contribution >= 4 is 40.7 Å². The molecule has 1 amide bonds. The van der Waals surface area contributed by atoms with E-state index in [1.807, 2.05) is 12.1 Å². The summed E-state index contributed by atoms with van der Waals surface area (Å²) in [5.74, 6) is -2.70. The van der Waals surface area contributed by atoms with E-state index in [0.29, 0.717) is 16.5 Å². The van der Waals surface area contributed by atoms with Crippen LogP contribution in [0.3, 0.4) is 0 Å². The van der Waals surface area contributed by atoms with Crippen molar-refractivity contribution in [1.29, 1.82) is 0 Å². The molecular weight excluding hydrogens is 498 g/mol. The van der Waals surface area contributed by atoms with Crippen LogP contribution in [0.4, 0.5) is 25.1 Å². The fourth-order valence-electron chi connectivity index (χ4n) is 4.36. The van der Waals surface area contributed by atoms with E-state index in [0.717, 1.165) is 50.2 Å². The Kier molecular flexibility index (Phi) is 6.55. The highest BCUT2D eigenvalue weighted by molar-refractivity contribution is 6.09. The summed E-state index contributed by atoms with van der Waals surface area (Å²) in [5, 5.41) is 16.2. The van der Waals surface area contributed by atoms with Crippen molar-refractivity contribution in [3.05, 3.63) is 71.4 Å². The Morgan fingerprint density at radius 3 is 2.29 bits per heavy atom. The van der Waals surface area contributed by atoms with Crippen LogP contribution in [0.25, 0.3) is 22.2 Å². The number of likely N-dealkylation sites (N-methyl/N-ethyl adjacent to an activating group) is 1. The molecule has 2 aromatic heterocycles. The minimum Gasteiger partial charge on any atom is -0.463 e. The molecule has 0 spiro atoms. The van der Waals surface area contributed by atoms with Crippen LogP contribution in [0, 0.1) is 11.6 Å². The first-order valence-electron chi connectivity index (χ1n) is 11.7. The second-order valence-electron chi connectivity index (χ2n) is 8.90. The van der Waals surface area contributed by atoms with Gasteiger partial charge in [-0.25, -0.2) is 13.6 Å². The number of carbonyl (C=O) groups excluding carboxylic acids is 2. The summed E-state index contributed by atoms with van der Waals surface area (Å²) in [6, 6.07) is 9.96. The Labute approximate surface area is 215 Å². The third-order valence-corrected chi connectivity index (χ3v) is 6.43. The number of carboxylic acid groups (broad SMARTS) is 1. The van der Waals surface area contributed by atoms with Crippen LogP contribution in [0.2, 0.25) is 0 Å². The summed E-state index contributed by atoms with van der Waals surface area (Å²) < 4.78 is 29.8. The molecule has 0 radical (unpaired) electrons. The first kappa shape index (κ1) is 25.0. The maximum absolute atomic E-state index is 14.6. The average Bonchev–Trinajstić information content (AvgIpc) is 3.26. The molecule has 3 heterocycles. The van der Waals surface area contributed by atoms with Crippen molar-refractivity contribution in [1.82, 2.24) is 19.7 Å². The molecule has 0 saturated carbocycles. The zero-order chi connectivity index (χ0) is 27.0. The molecule has 1 saturated heterocycles. The normalized spacial score (nSPS) is 14.0. The number of hydrogen-bond donors (Lipinski definition) is 2. The SMILES string of the molecule is CN1CCN(c2ccc(C(=O)Nc3nn(C(=O)O)c4cnc(-c5c(F)cc(C=O)cc5F)cc34)cc2)CC1. The fourth-order valence-corrected chi connectivity index (χ4v) is 4.36. The van der Waals surface area contributed by atoms with Gasteiger partial charge in [0, 0.05) is 48.4 Å². The van der Waals surface area contributed by atoms with E-state index < -0.39 is 29.2 Å². The molecule has 10 nitrogen and oxygen atoms in total. The summed E-state index contributed by atoms with van der Waals surface area (Å²) in [6.45, 7) is 3.62. The van der Waals surface area contributed by atoms with Gasteiger partial charge in [0.25, 0.3) is 5.91 Å². The molecule has 0 atom stereocenters. The van der Waals surface area contributed by atoms with E-state index in [-0.39, 0.29) is 28.0 Å². The third-order valence-electron chi connectivity index (χ3n) is 6.43. The number of halogens is 2. The summed E-state index contributed by atoms with van der Waals surface area (Å²) in [5.41, 5.74) is 0.453. The van der Waals surface area contributed by atoms with Crippen LogP contribution < -0.4 is 10.2 Å². The van der Waals surface area contributed by atoms with Gasteiger partial charge < -0.3 is 20.2 Å². The van der Waals surface area contributed by atoms with Crippen LogP contribution in [-0.4, -0.2) is 76.3 Å². The minimum atomic E-state index is -1.44. The second kappa shape index (κ2) is 9.98. The van der Waals surface area contributed by atoms with Gasteiger partial charge >= 0.3 is 6.09 Å². The van der Waals surface area contributed by atoms with E-state index in [4.69, 9.17) is 0 Å². The number of aromatic nitrogens is 3. The first-order valence-corrected chi connectivity index (χ1v) is 11.7. The highest BCUT2D eigenvalue weighted by Crippen LogP contribution is 2.31. The fraction of sp³-hybridized carbons (Fsp3) is 0.192. The second-order valence-corrected chi connectivity index (χ2v) is 8.90. The zero-order valence-corrected chi connectivity index (χ0v) is 20.2. The monoisotopic (exact) mass is 520 g/mol. The van der Waals surface area contributed by atoms with Gasteiger partial charge in [0.1, 0.15) is 23.4 Å². The first-order chi connectivity index (χ1) is 18.2. The lowest BCUT2D eigenvalue weighted by Crippen LogP contribution is -2.44. The summed E-state index contributed by atoms with van der Waals surface area (Å²) in [4.78, 5) is 44.1. The molecule has 194 valence electrons. The lowest BCUT2D eigenvalue weighted by molar-refractivity contribution is 0.102. The molecule has 0 bridgehead atoms. The number of nitrogens with one attached hydrogen (secondary N) is 1. The topological polar surface area (TPSA) is 121 Å². The number of anilines is 2. The Hall–Kier alpha value is -4.71. The highest BCUT2D eigenvalue weighted by atomic mass is 19.1. The van der Waals surface area contributed by atoms with Gasteiger partial charge in [0.15, 0.2) is 5.82 Å². The smallest absolute Gasteiger partial charge is 0.432 e. The predicted octanol–water partition coefficient (Wildman–Crippen LogP) is 3.72. The Morgan fingerprint density at radius 1 is 1.03 bits per heavy atom.